The summed E-state index contributed by atoms with van der Waals surface area (Å²) in [6.07, 6.45) is 0.0601. The second-order valence-corrected chi connectivity index (χ2v) is 7.93. The molecule has 1 saturated carbocycles. The summed E-state index contributed by atoms with van der Waals surface area (Å²) in [5.41, 5.74) is 2.32. The van der Waals surface area contributed by atoms with Gasteiger partial charge in [-0.05, 0) is 18.1 Å². The molecular formula is C21H19ClF2N6O. The van der Waals surface area contributed by atoms with Gasteiger partial charge in [0.1, 0.15) is 35.9 Å². The number of nitrogens with one attached hydrogen (secondary N) is 1. The van der Waals surface area contributed by atoms with Crippen molar-refractivity contribution in [2.75, 3.05) is 18.4 Å². The van der Waals surface area contributed by atoms with Crippen LogP contribution in [0.1, 0.15) is 35.1 Å². The molecule has 1 fully saturated rings. The van der Waals surface area contributed by atoms with E-state index in [0.29, 0.717) is 55.8 Å². The minimum Gasteiger partial charge on any atom is -0.474 e. The molecule has 0 spiro atoms. The molecule has 2 aromatic heterocycles. The van der Waals surface area contributed by atoms with E-state index in [0.717, 1.165) is 11.1 Å². The molecule has 0 radical (unpaired) electrons. The number of rotatable bonds is 6. The Kier molecular flexibility index (Phi) is 6.17. The van der Waals surface area contributed by atoms with Crippen LogP contribution in [0.3, 0.4) is 0 Å². The van der Waals surface area contributed by atoms with Crippen molar-refractivity contribution >= 4 is 17.4 Å². The summed E-state index contributed by atoms with van der Waals surface area (Å²) in [7, 11) is 0. The van der Waals surface area contributed by atoms with Gasteiger partial charge in [-0.3, -0.25) is 4.90 Å². The second-order valence-electron chi connectivity index (χ2n) is 7.58. The number of hydrogen-bond acceptors (Lipinski definition) is 7. The quantitative estimate of drug-likeness (QED) is 0.537. The van der Waals surface area contributed by atoms with Crippen molar-refractivity contribution in [2.45, 2.75) is 44.6 Å². The van der Waals surface area contributed by atoms with Crippen molar-refractivity contribution in [3.63, 3.8) is 0 Å². The van der Waals surface area contributed by atoms with Gasteiger partial charge in [-0.1, -0.05) is 11.6 Å². The van der Waals surface area contributed by atoms with Gasteiger partial charge in [-0.25, -0.2) is 9.37 Å². The van der Waals surface area contributed by atoms with Crippen molar-refractivity contribution in [1.29, 1.82) is 10.5 Å². The number of alkyl halides is 1. The molecule has 10 heteroatoms. The topological polar surface area (TPSA) is 97.9 Å². The maximum Gasteiger partial charge on any atom is 0.220 e. The van der Waals surface area contributed by atoms with E-state index in [1.807, 2.05) is 11.0 Å². The van der Waals surface area contributed by atoms with Crippen LogP contribution in [0.5, 0.6) is 5.88 Å². The molecule has 3 heterocycles. The van der Waals surface area contributed by atoms with Gasteiger partial charge in [0, 0.05) is 49.7 Å². The van der Waals surface area contributed by atoms with Crippen molar-refractivity contribution < 1.29 is 13.5 Å². The first-order valence-corrected chi connectivity index (χ1v) is 10.3. The lowest BCUT2D eigenvalue weighted by atomic mass is 9.94. The van der Waals surface area contributed by atoms with E-state index in [9.17, 15) is 14.0 Å². The molecule has 1 aliphatic carbocycles. The SMILES string of the molecule is N#CCNc1nc(Cl)c(C#N)c2c1CN(Cc1ccc(OC3CC(F)C3)nc1F)CC2. The number of fused-ring (bicyclic) bond motifs is 1. The number of ether oxygens (including phenoxy) is 1. The zero-order chi connectivity index (χ0) is 22.0. The maximum atomic E-state index is 14.6. The monoisotopic (exact) mass is 444 g/mol. The molecule has 0 unspecified atom stereocenters. The van der Waals surface area contributed by atoms with Crippen LogP contribution >= 0.6 is 11.6 Å². The van der Waals surface area contributed by atoms with Gasteiger partial charge in [0.05, 0.1) is 11.6 Å². The van der Waals surface area contributed by atoms with Crippen molar-refractivity contribution in [3.05, 3.63) is 45.5 Å². The molecule has 0 atom stereocenters. The minimum atomic E-state index is -0.852. The van der Waals surface area contributed by atoms with Crippen LogP contribution in [0, 0.1) is 28.6 Å². The number of aromatic nitrogens is 2. The average Bonchev–Trinajstić information content (AvgIpc) is 2.73. The maximum absolute atomic E-state index is 14.6. The number of nitrogens with zero attached hydrogens (tertiary/aromatic N) is 5. The molecule has 31 heavy (non-hydrogen) atoms. The highest BCUT2D eigenvalue weighted by atomic mass is 35.5. The summed E-state index contributed by atoms with van der Waals surface area (Å²) in [5.74, 6) is -0.0175. The highest BCUT2D eigenvalue weighted by Gasteiger charge is 2.31. The average molecular weight is 445 g/mol. The third-order valence-corrected chi connectivity index (χ3v) is 5.77. The molecule has 7 nitrogen and oxygen atoms in total. The fraction of sp³-hybridized carbons (Fsp3) is 0.429. The summed E-state index contributed by atoms with van der Waals surface area (Å²) >= 11 is 6.15. The number of anilines is 1. The second kappa shape index (κ2) is 9.01. The largest absolute Gasteiger partial charge is 0.474 e. The number of nitriles is 2. The van der Waals surface area contributed by atoms with Crippen LogP contribution in [0.2, 0.25) is 5.15 Å². The summed E-state index contributed by atoms with van der Waals surface area (Å²) in [6.45, 7) is 1.36. The van der Waals surface area contributed by atoms with Gasteiger partial charge in [-0.2, -0.15) is 19.9 Å². The predicted octanol–water partition coefficient (Wildman–Crippen LogP) is 3.51. The molecular weight excluding hydrogens is 426 g/mol. The number of hydrogen-bond donors (Lipinski definition) is 1. The Morgan fingerprint density at radius 2 is 2.06 bits per heavy atom. The summed E-state index contributed by atoms with van der Waals surface area (Å²) < 4.78 is 33.0. The molecule has 1 aliphatic heterocycles. The molecule has 2 aromatic rings. The molecule has 160 valence electrons. The number of halogens is 3. The van der Waals surface area contributed by atoms with Crippen LogP contribution in [-0.4, -0.2) is 40.2 Å². The van der Waals surface area contributed by atoms with Crippen molar-refractivity contribution in [2.24, 2.45) is 0 Å². The minimum absolute atomic E-state index is 0.0474. The van der Waals surface area contributed by atoms with Crippen LogP contribution in [0.15, 0.2) is 12.1 Å². The van der Waals surface area contributed by atoms with Crippen LogP contribution in [0.25, 0.3) is 0 Å². The van der Waals surface area contributed by atoms with Gasteiger partial charge in [0.25, 0.3) is 0 Å². The summed E-state index contributed by atoms with van der Waals surface area (Å²) in [5, 5.41) is 21.4. The molecule has 0 saturated heterocycles. The third-order valence-electron chi connectivity index (χ3n) is 5.49. The van der Waals surface area contributed by atoms with Gasteiger partial charge in [-0.15, -0.1) is 0 Å². The number of pyridine rings is 2. The Bertz CT molecular complexity index is 1080. The summed E-state index contributed by atoms with van der Waals surface area (Å²) in [6, 6.07) is 7.31. The van der Waals surface area contributed by atoms with Gasteiger partial charge in [0.15, 0.2) is 0 Å². The zero-order valence-electron chi connectivity index (χ0n) is 16.5. The van der Waals surface area contributed by atoms with E-state index in [1.54, 1.807) is 12.1 Å². The molecule has 1 N–H and O–H groups in total. The van der Waals surface area contributed by atoms with E-state index >= 15 is 0 Å². The highest BCUT2D eigenvalue weighted by Crippen LogP contribution is 2.32. The van der Waals surface area contributed by atoms with E-state index in [-0.39, 0.29) is 23.7 Å². The normalized spacial score (nSPS) is 20.2. The standard InChI is InChI=1S/C21H19ClF2N6O/c22-19-16(9-26)15-3-6-30(11-17(15)21(29-19)27-5-4-25)10-12-1-2-18(28-20(12)24)31-14-7-13(23)8-14/h1-2,13-14H,3,5-8,10-11H2,(H,27,29). The first-order chi connectivity index (χ1) is 15.0. The first-order valence-electron chi connectivity index (χ1n) is 9.89. The molecule has 2 aliphatic rings. The van der Waals surface area contributed by atoms with E-state index in [1.165, 1.54) is 0 Å². The zero-order valence-corrected chi connectivity index (χ0v) is 17.3. The fourth-order valence-electron chi connectivity index (χ4n) is 3.82. The smallest absolute Gasteiger partial charge is 0.220 e. The lowest BCUT2D eigenvalue weighted by Gasteiger charge is -2.31. The van der Waals surface area contributed by atoms with Crippen molar-refractivity contribution in [3.8, 4) is 18.0 Å². The van der Waals surface area contributed by atoms with E-state index < -0.39 is 12.1 Å². The Morgan fingerprint density at radius 1 is 1.26 bits per heavy atom. The van der Waals surface area contributed by atoms with Gasteiger partial charge >= 0.3 is 0 Å². The molecule has 0 aromatic carbocycles. The molecule has 0 amide bonds. The van der Waals surface area contributed by atoms with Gasteiger partial charge < -0.3 is 10.1 Å². The van der Waals surface area contributed by atoms with Crippen LogP contribution in [0.4, 0.5) is 14.6 Å². The Hall–Kier alpha value is -3.01. The predicted molar refractivity (Wildman–Crippen MR) is 109 cm³/mol. The first kappa shape index (κ1) is 21.2. The lowest BCUT2D eigenvalue weighted by molar-refractivity contribution is 0.0371. The Morgan fingerprint density at radius 3 is 2.74 bits per heavy atom. The molecule has 0 bridgehead atoms. The lowest BCUT2D eigenvalue weighted by Crippen LogP contribution is -2.35. The van der Waals surface area contributed by atoms with E-state index in [4.69, 9.17) is 21.6 Å². The third kappa shape index (κ3) is 4.53. The fourth-order valence-corrected chi connectivity index (χ4v) is 4.06. The Balaban J connectivity index is 1.50. The Labute approximate surface area is 183 Å². The molecule has 4 rings (SSSR count). The van der Waals surface area contributed by atoms with Crippen LogP contribution < -0.4 is 10.1 Å². The van der Waals surface area contributed by atoms with Crippen molar-refractivity contribution in [1.82, 2.24) is 14.9 Å². The summed E-state index contributed by atoms with van der Waals surface area (Å²) in [4.78, 5) is 10.1. The van der Waals surface area contributed by atoms with E-state index in [2.05, 4.69) is 21.4 Å². The highest BCUT2D eigenvalue weighted by molar-refractivity contribution is 6.30. The van der Waals surface area contributed by atoms with Crippen LogP contribution in [-0.2, 0) is 19.5 Å². The van der Waals surface area contributed by atoms with Gasteiger partial charge in [0.2, 0.25) is 11.8 Å².